The Labute approximate surface area is 125 Å². The lowest BCUT2D eigenvalue weighted by molar-refractivity contribution is 0.0944. The topological polar surface area (TPSA) is 46.3 Å². The van der Waals surface area contributed by atoms with Gasteiger partial charge in [0.05, 0.1) is 15.6 Å². The van der Waals surface area contributed by atoms with Crippen molar-refractivity contribution in [1.82, 2.24) is 0 Å². The molecular weight excluding hydrogens is 268 g/mol. The third-order valence-corrected chi connectivity index (χ3v) is 5.62. The van der Waals surface area contributed by atoms with Crippen molar-refractivity contribution in [3.05, 3.63) is 10.4 Å². The molecule has 110 valence electrons. The smallest absolute Gasteiger partial charge is 0.177 e. The maximum Gasteiger partial charge on any atom is 0.177 e. The van der Waals surface area contributed by atoms with E-state index in [2.05, 4.69) is 11.9 Å². The van der Waals surface area contributed by atoms with Crippen LogP contribution in [0.5, 0.6) is 0 Å². The molecule has 2 fully saturated rings. The van der Waals surface area contributed by atoms with Crippen LogP contribution in [-0.4, -0.2) is 19.4 Å². The van der Waals surface area contributed by atoms with Gasteiger partial charge in [0.15, 0.2) is 5.78 Å². The number of nitrogens with zero attached hydrogens (tertiary/aromatic N) is 1. The summed E-state index contributed by atoms with van der Waals surface area (Å²) in [6, 6.07) is 0. The minimum atomic E-state index is 0.0181. The SMILES string of the molecule is CC(C)C(=O)c1sc(N(C)CC2CC2)c(C2CC2)c1N. The van der Waals surface area contributed by atoms with Crippen LogP contribution in [0.15, 0.2) is 0 Å². The Morgan fingerprint density at radius 1 is 1.35 bits per heavy atom. The van der Waals surface area contributed by atoms with Crippen molar-refractivity contribution in [2.45, 2.75) is 45.4 Å². The van der Waals surface area contributed by atoms with Crippen LogP contribution in [0.3, 0.4) is 0 Å². The van der Waals surface area contributed by atoms with Crippen LogP contribution in [0.2, 0.25) is 0 Å². The van der Waals surface area contributed by atoms with Crippen molar-refractivity contribution in [1.29, 1.82) is 0 Å². The fraction of sp³-hybridized carbons (Fsp3) is 0.688. The van der Waals surface area contributed by atoms with Crippen LogP contribution >= 0.6 is 11.3 Å². The van der Waals surface area contributed by atoms with E-state index in [1.165, 1.54) is 36.2 Å². The van der Waals surface area contributed by atoms with Gasteiger partial charge in [-0.25, -0.2) is 0 Å². The monoisotopic (exact) mass is 292 g/mol. The number of thiophene rings is 1. The maximum absolute atomic E-state index is 12.3. The van der Waals surface area contributed by atoms with Crippen molar-refractivity contribution >= 4 is 27.8 Å². The minimum absolute atomic E-state index is 0.0181. The van der Waals surface area contributed by atoms with Gasteiger partial charge in [-0.15, -0.1) is 11.3 Å². The second-order valence-corrected chi connectivity index (χ2v) is 7.68. The highest BCUT2D eigenvalue weighted by Crippen LogP contribution is 2.52. The zero-order chi connectivity index (χ0) is 14.4. The van der Waals surface area contributed by atoms with Crippen LogP contribution < -0.4 is 10.6 Å². The van der Waals surface area contributed by atoms with Gasteiger partial charge in [0, 0.05) is 25.1 Å². The Hall–Kier alpha value is -1.03. The van der Waals surface area contributed by atoms with Crippen molar-refractivity contribution in [3.8, 4) is 0 Å². The molecule has 2 aliphatic carbocycles. The van der Waals surface area contributed by atoms with Gasteiger partial charge in [-0.3, -0.25) is 4.79 Å². The van der Waals surface area contributed by atoms with E-state index >= 15 is 0 Å². The van der Waals surface area contributed by atoms with Crippen molar-refractivity contribution in [2.75, 3.05) is 24.2 Å². The first-order valence-electron chi connectivity index (χ1n) is 7.66. The summed E-state index contributed by atoms with van der Waals surface area (Å²) in [5.41, 5.74) is 8.37. The first-order valence-corrected chi connectivity index (χ1v) is 8.48. The van der Waals surface area contributed by atoms with Gasteiger partial charge in [-0.05, 0) is 37.5 Å². The first-order chi connectivity index (χ1) is 9.49. The summed E-state index contributed by atoms with van der Waals surface area (Å²) >= 11 is 1.62. The summed E-state index contributed by atoms with van der Waals surface area (Å²) in [4.78, 5) is 15.5. The molecule has 0 aromatic carbocycles. The zero-order valence-corrected chi connectivity index (χ0v) is 13.4. The quantitative estimate of drug-likeness (QED) is 0.809. The number of anilines is 2. The Bertz CT molecular complexity index is 527. The van der Waals surface area contributed by atoms with E-state index in [4.69, 9.17) is 5.73 Å². The Balaban J connectivity index is 1.94. The molecule has 1 heterocycles. The summed E-state index contributed by atoms with van der Waals surface area (Å²) in [7, 11) is 2.15. The molecule has 4 heteroatoms. The Morgan fingerprint density at radius 2 is 2.00 bits per heavy atom. The summed E-state index contributed by atoms with van der Waals surface area (Å²) in [5, 5.41) is 1.25. The third kappa shape index (κ3) is 2.58. The van der Waals surface area contributed by atoms with Crippen molar-refractivity contribution < 1.29 is 4.79 Å². The fourth-order valence-electron chi connectivity index (χ4n) is 2.71. The van der Waals surface area contributed by atoms with E-state index in [1.54, 1.807) is 11.3 Å². The summed E-state index contributed by atoms with van der Waals surface area (Å²) in [6.07, 6.45) is 5.14. The molecule has 0 saturated heterocycles. The van der Waals surface area contributed by atoms with E-state index in [-0.39, 0.29) is 11.7 Å². The highest BCUT2D eigenvalue weighted by Gasteiger charge is 2.35. The molecule has 2 saturated carbocycles. The van der Waals surface area contributed by atoms with Gasteiger partial charge >= 0.3 is 0 Å². The third-order valence-electron chi connectivity index (χ3n) is 4.27. The molecule has 1 aromatic heterocycles. The van der Waals surface area contributed by atoms with Gasteiger partial charge in [0.25, 0.3) is 0 Å². The van der Waals surface area contributed by atoms with E-state index in [9.17, 15) is 4.79 Å². The second-order valence-electron chi connectivity index (χ2n) is 6.68. The van der Waals surface area contributed by atoms with Crippen LogP contribution in [-0.2, 0) is 0 Å². The molecule has 0 unspecified atom stereocenters. The standard InChI is InChI=1S/C16H24N2OS/c1-9(2)14(19)15-13(17)12(11-6-7-11)16(20-15)18(3)8-10-4-5-10/h9-11H,4-8,17H2,1-3H3. The molecule has 0 bridgehead atoms. The van der Waals surface area contributed by atoms with Crippen LogP contribution in [0.25, 0.3) is 0 Å². The van der Waals surface area contributed by atoms with E-state index < -0.39 is 0 Å². The molecule has 3 nitrogen and oxygen atoms in total. The number of hydrogen-bond acceptors (Lipinski definition) is 4. The van der Waals surface area contributed by atoms with E-state index in [0.29, 0.717) is 5.92 Å². The molecule has 3 rings (SSSR count). The van der Waals surface area contributed by atoms with Gasteiger partial charge in [-0.1, -0.05) is 13.8 Å². The van der Waals surface area contributed by atoms with Crippen molar-refractivity contribution in [3.63, 3.8) is 0 Å². The largest absolute Gasteiger partial charge is 0.397 e. The average molecular weight is 292 g/mol. The number of nitrogens with two attached hydrogens (primary N) is 1. The highest BCUT2D eigenvalue weighted by atomic mass is 32.1. The van der Waals surface area contributed by atoms with E-state index in [0.717, 1.165) is 23.0 Å². The number of nitrogen functional groups attached to an aromatic ring is 1. The summed E-state index contributed by atoms with van der Waals surface area (Å²) < 4.78 is 0. The van der Waals surface area contributed by atoms with Crippen molar-refractivity contribution in [2.24, 2.45) is 11.8 Å². The molecule has 1 aromatic rings. The van der Waals surface area contributed by atoms with E-state index in [1.807, 2.05) is 13.8 Å². The zero-order valence-electron chi connectivity index (χ0n) is 12.6. The summed E-state index contributed by atoms with van der Waals surface area (Å²) in [5.74, 6) is 1.65. The van der Waals surface area contributed by atoms with Gasteiger partial charge in [-0.2, -0.15) is 0 Å². The normalized spacial score (nSPS) is 18.6. The lowest BCUT2D eigenvalue weighted by Gasteiger charge is -2.19. The predicted molar refractivity (Wildman–Crippen MR) is 85.9 cm³/mol. The number of Topliss-reactive ketones (excluding diaryl/α,β-unsaturated/α-hetero) is 1. The Morgan fingerprint density at radius 3 is 2.50 bits per heavy atom. The molecular formula is C16H24N2OS. The molecule has 0 atom stereocenters. The lowest BCUT2D eigenvalue weighted by Crippen LogP contribution is -2.19. The van der Waals surface area contributed by atoms with Gasteiger partial charge in [0.1, 0.15) is 0 Å². The fourth-order valence-corrected chi connectivity index (χ4v) is 4.08. The molecule has 0 radical (unpaired) electrons. The molecule has 0 aliphatic heterocycles. The average Bonchev–Trinajstić information content (AvgIpc) is 3.29. The Kier molecular flexibility index (Phi) is 3.53. The molecule has 2 N–H and O–H groups in total. The number of rotatable bonds is 6. The van der Waals surface area contributed by atoms with Crippen LogP contribution in [0.4, 0.5) is 10.7 Å². The lowest BCUT2D eigenvalue weighted by atomic mass is 10.0. The highest BCUT2D eigenvalue weighted by molar-refractivity contribution is 7.19. The molecule has 2 aliphatic rings. The van der Waals surface area contributed by atoms with Crippen LogP contribution in [0.1, 0.15) is 60.7 Å². The number of carbonyl (C=O) groups is 1. The number of ketones is 1. The van der Waals surface area contributed by atoms with Crippen LogP contribution in [0, 0.1) is 11.8 Å². The predicted octanol–water partition coefficient (Wildman–Crippen LogP) is 3.89. The van der Waals surface area contributed by atoms with Gasteiger partial charge < -0.3 is 10.6 Å². The summed E-state index contributed by atoms with van der Waals surface area (Å²) in [6.45, 7) is 5.01. The number of carbonyl (C=O) groups excluding carboxylic acids is 1. The molecule has 20 heavy (non-hydrogen) atoms. The number of hydrogen-bond donors (Lipinski definition) is 1. The van der Waals surface area contributed by atoms with Gasteiger partial charge in [0.2, 0.25) is 0 Å². The first kappa shape index (κ1) is 13.9. The maximum atomic E-state index is 12.3. The second kappa shape index (κ2) is 5.06. The molecule has 0 amide bonds. The molecule has 0 spiro atoms. The minimum Gasteiger partial charge on any atom is -0.397 e.